The summed E-state index contributed by atoms with van der Waals surface area (Å²) in [6, 6.07) is 3.52. The highest BCUT2D eigenvalue weighted by atomic mass is 35.5. The molecule has 2 rings (SSSR count). The molecular formula is C11H15ClN4OS. The first-order valence-electron chi connectivity index (χ1n) is 5.37. The molecule has 5 nitrogen and oxygen atoms in total. The summed E-state index contributed by atoms with van der Waals surface area (Å²) in [6.45, 7) is 4.75. The summed E-state index contributed by atoms with van der Waals surface area (Å²) in [4.78, 5) is 8.18. The molecule has 0 amide bonds. The van der Waals surface area contributed by atoms with Gasteiger partial charge in [-0.25, -0.2) is 4.98 Å². The van der Waals surface area contributed by atoms with Crippen molar-refractivity contribution in [3.05, 3.63) is 29.7 Å². The lowest BCUT2D eigenvalue weighted by Crippen LogP contribution is -1.95. The summed E-state index contributed by atoms with van der Waals surface area (Å²) >= 11 is 1.47. The zero-order valence-electron chi connectivity index (χ0n) is 10.2. The van der Waals surface area contributed by atoms with Crippen molar-refractivity contribution in [2.75, 3.05) is 0 Å². The largest absolute Gasteiger partial charge is 0.493 e. The number of halogens is 1. The molecule has 0 aliphatic carbocycles. The van der Waals surface area contributed by atoms with Crippen LogP contribution in [0.2, 0.25) is 0 Å². The van der Waals surface area contributed by atoms with Crippen molar-refractivity contribution in [1.29, 1.82) is 0 Å². The minimum absolute atomic E-state index is 0. The Morgan fingerprint density at radius 1 is 1.39 bits per heavy atom. The highest BCUT2D eigenvalue weighted by molar-refractivity contribution is 7.98. The maximum atomic E-state index is 9.35. The van der Waals surface area contributed by atoms with E-state index in [1.807, 2.05) is 30.8 Å². The van der Waals surface area contributed by atoms with Crippen molar-refractivity contribution in [3.63, 3.8) is 0 Å². The van der Waals surface area contributed by atoms with E-state index in [2.05, 4.69) is 15.1 Å². The Labute approximate surface area is 116 Å². The van der Waals surface area contributed by atoms with E-state index < -0.39 is 0 Å². The molecular weight excluding hydrogens is 272 g/mol. The van der Waals surface area contributed by atoms with E-state index in [1.165, 1.54) is 17.8 Å². The summed E-state index contributed by atoms with van der Waals surface area (Å²) < 4.78 is 1.88. The summed E-state index contributed by atoms with van der Waals surface area (Å²) in [5, 5.41) is 14.3. The predicted octanol–water partition coefficient (Wildman–Crippen LogP) is 2.42. The number of hydrogen-bond donors (Lipinski definition) is 1. The summed E-state index contributed by atoms with van der Waals surface area (Å²) in [7, 11) is 0. The van der Waals surface area contributed by atoms with Crippen LogP contribution in [0.3, 0.4) is 0 Å². The van der Waals surface area contributed by atoms with Gasteiger partial charge in [0.05, 0.1) is 5.69 Å². The molecule has 2 aromatic rings. The van der Waals surface area contributed by atoms with Crippen LogP contribution in [-0.2, 0) is 12.3 Å². The lowest BCUT2D eigenvalue weighted by atomic mass is 10.4. The molecule has 0 saturated heterocycles. The van der Waals surface area contributed by atoms with Crippen LogP contribution < -0.4 is 0 Å². The smallest absolute Gasteiger partial charge is 0.215 e. The maximum Gasteiger partial charge on any atom is 0.215 e. The van der Waals surface area contributed by atoms with Crippen LogP contribution in [0.4, 0.5) is 0 Å². The average Bonchev–Trinajstić information content (AvgIpc) is 2.73. The Kier molecular flexibility index (Phi) is 5.43. The van der Waals surface area contributed by atoms with Crippen molar-refractivity contribution >= 4 is 24.2 Å². The van der Waals surface area contributed by atoms with Gasteiger partial charge in [-0.1, -0.05) is 11.8 Å². The number of nitrogens with zero attached hydrogens (tertiary/aromatic N) is 4. The second kappa shape index (κ2) is 6.61. The van der Waals surface area contributed by atoms with Gasteiger partial charge in [-0.2, -0.15) is 10.1 Å². The van der Waals surface area contributed by atoms with Gasteiger partial charge in [-0.15, -0.1) is 12.4 Å². The lowest BCUT2D eigenvalue weighted by Gasteiger charge is -2.00. The molecule has 18 heavy (non-hydrogen) atoms. The summed E-state index contributed by atoms with van der Waals surface area (Å²) in [5.74, 6) is 0.717. The van der Waals surface area contributed by atoms with Gasteiger partial charge in [0, 0.05) is 30.3 Å². The number of aromatic nitrogens is 4. The Morgan fingerprint density at radius 2 is 2.17 bits per heavy atom. The molecule has 0 aromatic carbocycles. The predicted molar refractivity (Wildman–Crippen MR) is 73.1 cm³/mol. The lowest BCUT2D eigenvalue weighted by molar-refractivity contribution is 0.444. The fraction of sp³-hybridized carbons (Fsp3) is 0.364. The number of aromatic hydroxyl groups is 1. The number of hydrogen-bond acceptors (Lipinski definition) is 5. The summed E-state index contributed by atoms with van der Waals surface area (Å²) in [6.07, 6.45) is 1.95. The van der Waals surface area contributed by atoms with Crippen LogP contribution in [0.1, 0.15) is 18.3 Å². The fourth-order valence-electron chi connectivity index (χ4n) is 1.39. The van der Waals surface area contributed by atoms with Crippen molar-refractivity contribution in [2.45, 2.75) is 31.3 Å². The molecule has 2 aromatic heterocycles. The zero-order chi connectivity index (χ0) is 12.3. The highest BCUT2D eigenvalue weighted by Crippen LogP contribution is 2.20. The number of rotatable bonds is 4. The molecule has 7 heteroatoms. The van der Waals surface area contributed by atoms with E-state index >= 15 is 0 Å². The molecule has 0 aliphatic heterocycles. The molecule has 0 saturated carbocycles. The third-order valence-electron chi connectivity index (χ3n) is 2.19. The van der Waals surface area contributed by atoms with Crippen molar-refractivity contribution in [2.24, 2.45) is 0 Å². The van der Waals surface area contributed by atoms with Crippen molar-refractivity contribution in [3.8, 4) is 5.88 Å². The monoisotopic (exact) mass is 286 g/mol. The van der Waals surface area contributed by atoms with E-state index in [9.17, 15) is 5.11 Å². The van der Waals surface area contributed by atoms with E-state index in [1.54, 1.807) is 0 Å². The molecule has 0 unspecified atom stereocenters. The average molecular weight is 287 g/mol. The Morgan fingerprint density at radius 3 is 2.78 bits per heavy atom. The molecule has 0 bridgehead atoms. The standard InChI is InChI=1S/C11H14N4OS.ClH/c1-3-15-5-4-9(14-15)7-17-11-12-8(2)6-10(16)13-11;/h4-6H,3,7H2,1-2H3,(H,12,13,16);1H. The molecule has 0 fully saturated rings. The topological polar surface area (TPSA) is 63.8 Å². The Hall–Kier alpha value is -1.27. The summed E-state index contributed by atoms with van der Waals surface area (Å²) in [5.41, 5.74) is 1.75. The van der Waals surface area contributed by atoms with E-state index in [0.29, 0.717) is 10.9 Å². The van der Waals surface area contributed by atoms with Crippen LogP contribution >= 0.6 is 24.2 Å². The first-order valence-corrected chi connectivity index (χ1v) is 6.35. The first-order chi connectivity index (χ1) is 8.17. The number of thioether (sulfide) groups is 1. The van der Waals surface area contributed by atoms with Crippen molar-refractivity contribution in [1.82, 2.24) is 19.7 Å². The van der Waals surface area contributed by atoms with Crippen LogP contribution in [0.25, 0.3) is 0 Å². The van der Waals surface area contributed by atoms with Gasteiger partial charge < -0.3 is 5.11 Å². The van der Waals surface area contributed by atoms with Gasteiger partial charge in [0.1, 0.15) is 0 Å². The normalized spacial score (nSPS) is 10.1. The zero-order valence-corrected chi connectivity index (χ0v) is 11.8. The third kappa shape index (κ3) is 3.89. The number of aryl methyl sites for hydroxylation is 2. The molecule has 2 heterocycles. The van der Waals surface area contributed by atoms with E-state index in [-0.39, 0.29) is 18.3 Å². The van der Waals surface area contributed by atoms with Gasteiger partial charge in [0.25, 0.3) is 0 Å². The van der Waals surface area contributed by atoms with Crippen LogP contribution in [0.5, 0.6) is 5.88 Å². The second-order valence-electron chi connectivity index (χ2n) is 3.60. The van der Waals surface area contributed by atoms with Gasteiger partial charge >= 0.3 is 0 Å². The van der Waals surface area contributed by atoms with Gasteiger partial charge in [0.15, 0.2) is 5.16 Å². The van der Waals surface area contributed by atoms with Gasteiger partial charge in [-0.3, -0.25) is 4.68 Å². The minimum Gasteiger partial charge on any atom is -0.493 e. The van der Waals surface area contributed by atoms with Crippen molar-refractivity contribution < 1.29 is 5.11 Å². The van der Waals surface area contributed by atoms with E-state index in [4.69, 9.17) is 0 Å². The quantitative estimate of drug-likeness (QED) is 0.691. The first kappa shape index (κ1) is 14.8. The fourth-order valence-corrected chi connectivity index (χ4v) is 2.18. The Balaban J connectivity index is 0.00000162. The molecule has 1 N–H and O–H groups in total. The maximum absolute atomic E-state index is 9.35. The molecule has 0 atom stereocenters. The third-order valence-corrected chi connectivity index (χ3v) is 3.07. The molecule has 98 valence electrons. The molecule has 0 spiro atoms. The van der Waals surface area contributed by atoms with Gasteiger partial charge in [0.2, 0.25) is 5.88 Å². The second-order valence-corrected chi connectivity index (χ2v) is 4.54. The molecule has 0 aliphatic rings. The Bertz CT molecular complexity index is 497. The minimum atomic E-state index is 0. The molecule has 0 radical (unpaired) electrons. The van der Waals surface area contributed by atoms with Crippen LogP contribution in [0, 0.1) is 6.92 Å². The highest BCUT2D eigenvalue weighted by Gasteiger charge is 2.04. The van der Waals surface area contributed by atoms with Gasteiger partial charge in [-0.05, 0) is 19.9 Å². The van der Waals surface area contributed by atoms with Crippen LogP contribution in [0.15, 0.2) is 23.5 Å². The van der Waals surface area contributed by atoms with Crippen LogP contribution in [-0.4, -0.2) is 24.9 Å². The SMILES string of the molecule is CCn1ccc(CSc2nc(C)cc(O)n2)n1.Cl. The van der Waals surface area contributed by atoms with E-state index in [0.717, 1.165) is 17.9 Å².